The molecule has 22 heavy (non-hydrogen) atoms. The summed E-state index contributed by atoms with van der Waals surface area (Å²) in [5.41, 5.74) is 2.50. The van der Waals surface area contributed by atoms with Gasteiger partial charge in [-0.25, -0.2) is 0 Å². The van der Waals surface area contributed by atoms with E-state index in [1.807, 2.05) is 36.4 Å². The van der Waals surface area contributed by atoms with Crippen LogP contribution in [0.3, 0.4) is 0 Å². The maximum absolute atomic E-state index is 11.3. The van der Waals surface area contributed by atoms with Gasteiger partial charge in [-0.05, 0) is 30.3 Å². The van der Waals surface area contributed by atoms with Crippen molar-refractivity contribution in [2.45, 2.75) is 6.54 Å². The first kappa shape index (κ1) is 15.4. The summed E-state index contributed by atoms with van der Waals surface area (Å²) < 4.78 is 5.52. The first-order valence-corrected chi connectivity index (χ1v) is 6.88. The van der Waals surface area contributed by atoms with Crippen LogP contribution in [0.1, 0.15) is 11.1 Å². The van der Waals surface area contributed by atoms with Gasteiger partial charge in [0.25, 0.3) is 5.91 Å². The molecule has 2 aromatic carbocycles. The van der Waals surface area contributed by atoms with Crippen molar-refractivity contribution in [3.05, 3.63) is 59.7 Å². The van der Waals surface area contributed by atoms with E-state index in [1.165, 1.54) is 0 Å². The highest BCUT2D eigenvalue weighted by molar-refractivity contribution is 5.77. The predicted octanol–water partition coefficient (Wildman–Crippen LogP) is 2.30. The molecule has 5 nitrogen and oxygen atoms in total. The molecule has 1 amide bonds. The Balaban J connectivity index is 1.99. The zero-order chi connectivity index (χ0) is 15.8. The van der Waals surface area contributed by atoms with E-state index < -0.39 is 0 Å². The fourth-order valence-corrected chi connectivity index (χ4v) is 1.87. The lowest BCUT2D eigenvalue weighted by Gasteiger charge is -2.12. The van der Waals surface area contributed by atoms with E-state index in [0.29, 0.717) is 17.9 Å². The van der Waals surface area contributed by atoms with Gasteiger partial charge in [0.15, 0.2) is 6.61 Å². The Morgan fingerprint density at radius 3 is 2.59 bits per heavy atom. The van der Waals surface area contributed by atoms with Crippen LogP contribution in [0.25, 0.3) is 0 Å². The van der Waals surface area contributed by atoms with Gasteiger partial charge in [0.05, 0.1) is 11.6 Å². The van der Waals surface area contributed by atoms with Crippen LogP contribution in [-0.4, -0.2) is 19.6 Å². The van der Waals surface area contributed by atoms with Crippen LogP contribution in [0.5, 0.6) is 5.75 Å². The molecule has 5 heteroatoms. The van der Waals surface area contributed by atoms with Gasteiger partial charge in [0, 0.05) is 24.8 Å². The van der Waals surface area contributed by atoms with Crippen molar-refractivity contribution >= 4 is 11.6 Å². The molecule has 0 bridgehead atoms. The summed E-state index contributed by atoms with van der Waals surface area (Å²) in [4.78, 5) is 11.3. The molecule has 0 aromatic heterocycles. The number of hydrogen-bond donors (Lipinski definition) is 2. The highest BCUT2D eigenvalue weighted by Crippen LogP contribution is 2.19. The van der Waals surface area contributed by atoms with Gasteiger partial charge in [-0.15, -0.1) is 0 Å². The molecular weight excluding hydrogens is 278 g/mol. The van der Waals surface area contributed by atoms with Crippen LogP contribution in [0.4, 0.5) is 5.69 Å². The Kier molecular flexibility index (Phi) is 5.38. The van der Waals surface area contributed by atoms with E-state index >= 15 is 0 Å². The van der Waals surface area contributed by atoms with Crippen LogP contribution in [0.2, 0.25) is 0 Å². The number of carbonyl (C=O) groups excluding carboxylic acids is 1. The maximum Gasteiger partial charge on any atom is 0.257 e. The molecule has 0 radical (unpaired) electrons. The average Bonchev–Trinajstić information content (AvgIpc) is 2.59. The summed E-state index contributed by atoms with van der Waals surface area (Å²) in [6.07, 6.45) is 0. The number of para-hydroxylation sites is 1. The number of nitrogens with one attached hydrogen (secondary N) is 2. The third-order valence-corrected chi connectivity index (χ3v) is 3.11. The Morgan fingerprint density at radius 2 is 1.91 bits per heavy atom. The predicted molar refractivity (Wildman–Crippen MR) is 84.5 cm³/mol. The lowest BCUT2D eigenvalue weighted by atomic mass is 10.2. The van der Waals surface area contributed by atoms with Crippen molar-refractivity contribution in [2.24, 2.45) is 0 Å². The molecule has 0 saturated heterocycles. The first-order chi connectivity index (χ1) is 10.7. The zero-order valence-electron chi connectivity index (χ0n) is 12.3. The number of carbonyl (C=O) groups is 1. The second-order valence-corrected chi connectivity index (χ2v) is 4.61. The van der Waals surface area contributed by atoms with Gasteiger partial charge < -0.3 is 15.4 Å². The molecule has 0 aliphatic heterocycles. The van der Waals surface area contributed by atoms with E-state index in [0.717, 1.165) is 11.3 Å². The van der Waals surface area contributed by atoms with Crippen molar-refractivity contribution in [1.82, 2.24) is 5.32 Å². The van der Waals surface area contributed by atoms with Crippen molar-refractivity contribution in [3.8, 4) is 11.8 Å². The van der Waals surface area contributed by atoms with Crippen LogP contribution in [0.15, 0.2) is 48.5 Å². The molecule has 0 aliphatic rings. The van der Waals surface area contributed by atoms with E-state index in [1.54, 1.807) is 19.2 Å². The minimum atomic E-state index is -0.171. The standard InChI is InChI=1S/C17H17N3O2/c1-19-17(21)12-22-16-5-3-2-4-14(16)11-20-15-8-6-13(10-18)7-9-15/h2-9,20H,11-12H2,1H3,(H,19,21). The SMILES string of the molecule is CNC(=O)COc1ccccc1CNc1ccc(C#N)cc1. The zero-order valence-corrected chi connectivity index (χ0v) is 12.3. The Morgan fingerprint density at radius 1 is 1.18 bits per heavy atom. The number of ether oxygens (including phenoxy) is 1. The van der Waals surface area contributed by atoms with Gasteiger partial charge in [0.2, 0.25) is 0 Å². The van der Waals surface area contributed by atoms with Gasteiger partial charge >= 0.3 is 0 Å². The number of hydrogen-bond acceptors (Lipinski definition) is 4. The molecule has 0 heterocycles. The van der Waals surface area contributed by atoms with E-state index in [4.69, 9.17) is 10.00 Å². The van der Waals surface area contributed by atoms with Crippen LogP contribution >= 0.6 is 0 Å². The Hall–Kier alpha value is -3.00. The molecule has 2 rings (SSSR count). The molecule has 0 aliphatic carbocycles. The molecule has 112 valence electrons. The number of likely N-dealkylation sites (N-methyl/N-ethyl adjacent to an activating group) is 1. The molecule has 2 N–H and O–H groups in total. The molecule has 0 atom stereocenters. The summed E-state index contributed by atoms with van der Waals surface area (Å²) in [5, 5.41) is 14.6. The van der Waals surface area contributed by atoms with Gasteiger partial charge in [-0.2, -0.15) is 5.26 Å². The van der Waals surface area contributed by atoms with Crippen LogP contribution in [0, 0.1) is 11.3 Å². The van der Waals surface area contributed by atoms with Crippen molar-refractivity contribution in [2.75, 3.05) is 19.0 Å². The molecule has 0 spiro atoms. The normalized spacial score (nSPS) is 9.64. The quantitative estimate of drug-likeness (QED) is 0.857. The second-order valence-electron chi connectivity index (χ2n) is 4.61. The Bertz CT molecular complexity index is 675. The average molecular weight is 295 g/mol. The number of anilines is 1. The monoisotopic (exact) mass is 295 g/mol. The third-order valence-electron chi connectivity index (χ3n) is 3.11. The van der Waals surface area contributed by atoms with Crippen LogP contribution in [-0.2, 0) is 11.3 Å². The van der Waals surface area contributed by atoms with Gasteiger partial charge in [-0.3, -0.25) is 4.79 Å². The lowest BCUT2D eigenvalue weighted by molar-refractivity contribution is -0.122. The number of amides is 1. The molecule has 2 aromatic rings. The van der Waals surface area contributed by atoms with Gasteiger partial charge in [-0.1, -0.05) is 18.2 Å². The molecule has 0 unspecified atom stereocenters. The number of rotatable bonds is 6. The van der Waals surface area contributed by atoms with E-state index in [2.05, 4.69) is 16.7 Å². The third kappa shape index (κ3) is 4.25. The number of nitrogens with zero attached hydrogens (tertiary/aromatic N) is 1. The van der Waals surface area contributed by atoms with E-state index in [-0.39, 0.29) is 12.5 Å². The first-order valence-electron chi connectivity index (χ1n) is 6.88. The summed E-state index contributed by atoms with van der Waals surface area (Å²) in [6, 6.07) is 16.9. The summed E-state index contributed by atoms with van der Waals surface area (Å²) >= 11 is 0. The van der Waals surface area contributed by atoms with Crippen molar-refractivity contribution in [1.29, 1.82) is 5.26 Å². The van der Waals surface area contributed by atoms with Crippen molar-refractivity contribution in [3.63, 3.8) is 0 Å². The summed E-state index contributed by atoms with van der Waals surface area (Å²) in [6.45, 7) is 0.556. The fourth-order valence-electron chi connectivity index (χ4n) is 1.87. The Labute approximate surface area is 129 Å². The van der Waals surface area contributed by atoms with E-state index in [9.17, 15) is 4.79 Å². The molecular formula is C17H17N3O2. The fraction of sp³-hybridized carbons (Fsp3) is 0.176. The number of nitriles is 1. The smallest absolute Gasteiger partial charge is 0.257 e. The minimum absolute atomic E-state index is 0.00954. The lowest BCUT2D eigenvalue weighted by Crippen LogP contribution is -2.25. The second kappa shape index (κ2) is 7.70. The summed E-state index contributed by atoms with van der Waals surface area (Å²) in [7, 11) is 1.57. The van der Waals surface area contributed by atoms with Gasteiger partial charge in [0.1, 0.15) is 5.75 Å². The molecule has 0 saturated carbocycles. The largest absolute Gasteiger partial charge is 0.483 e. The van der Waals surface area contributed by atoms with Crippen molar-refractivity contribution < 1.29 is 9.53 Å². The highest BCUT2D eigenvalue weighted by Gasteiger charge is 2.05. The topological polar surface area (TPSA) is 74.2 Å². The van der Waals surface area contributed by atoms with Crippen LogP contribution < -0.4 is 15.4 Å². The maximum atomic E-state index is 11.3. The summed E-state index contributed by atoms with van der Waals surface area (Å²) in [5.74, 6) is 0.502. The highest BCUT2D eigenvalue weighted by atomic mass is 16.5. The number of benzene rings is 2. The molecule has 0 fully saturated rings. The minimum Gasteiger partial charge on any atom is -0.483 e.